The molecule has 1 fully saturated rings. The van der Waals surface area contributed by atoms with Crippen molar-refractivity contribution in [1.82, 2.24) is 19.4 Å². The van der Waals surface area contributed by atoms with Crippen molar-refractivity contribution in [2.24, 2.45) is 5.92 Å². The van der Waals surface area contributed by atoms with Gasteiger partial charge in [-0.15, -0.1) is 0 Å². The van der Waals surface area contributed by atoms with E-state index in [1.165, 1.54) is 0 Å². The largest absolute Gasteiger partial charge is 0.444 e. The highest BCUT2D eigenvalue weighted by atomic mass is 16.4. The van der Waals surface area contributed by atoms with E-state index in [4.69, 9.17) is 4.42 Å². The van der Waals surface area contributed by atoms with Gasteiger partial charge in [-0.25, -0.2) is 9.97 Å². The monoisotopic (exact) mass is 344 g/mol. The number of piperidine rings is 1. The lowest BCUT2D eigenvalue weighted by atomic mass is 9.96. The highest BCUT2D eigenvalue weighted by Crippen LogP contribution is 2.21. The minimum Gasteiger partial charge on any atom is -0.444 e. The summed E-state index contributed by atoms with van der Waals surface area (Å²) in [5.74, 6) is 2.65. The molecule has 0 bridgehead atoms. The Bertz CT molecular complexity index is 770. The number of rotatable bonds is 5. The third-order valence-electron chi connectivity index (χ3n) is 5.18. The van der Waals surface area contributed by atoms with E-state index in [1.807, 2.05) is 20.0 Å². The molecular weight excluding hydrogens is 316 g/mol. The molecule has 0 aromatic carbocycles. The molecule has 3 rings (SSSR count). The zero-order valence-electron chi connectivity index (χ0n) is 15.7. The van der Waals surface area contributed by atoms with Crippen LogP contribution in [0.5, 0.6) is 0 Å². The Morgan fingerprint density at radius 2 is 1.96 bits per heavy atom. The summed E-state index contributed by atoms with van der Waals surface area (Å²) in [4.78, 5) is 23.4. The molecular formula is C19H28N4O2. The zero-order chi connectivity index (χ0) is 18.0. The topological polar surface area (TPSA) is 64.2 Å². The van der Waals surface area contributed by atoms with Crippen LogP contribution in [0.15, 0.2) is 21.7 Å². The molecule has 6 heteroatoms. The van der Waals surface area contributed by atoms with Gasteiger partial charge in [0.05, 0.1) is 19.1 Å². The number of nitrogens with zero attached hydrogens (tertiary/aromatic N) is 4. The Kier molecular flexibility index (Phi) is 5.37. The van der Waals surface area contributed by atoms with Gasteiger partial charge in [0, 0.05) is 23.7 Å². The predicted molar refractivity (Wildman–Crippen MR) is 96.6 cm³/mol. The molecule has 0 aliphatic carbocycles. The summed E-state index contributed by atoms with van der Waals surface area (Å²) >= 11 is 0. The fraction of sp³-hybridized carbons (Fsp3) is 0.632. The lowest BCUT2D eigenvalue weighted by Crippen LogP contribution is -2.36. The number of likely N-dealkylation sites (tertiary alicyclic amines) is 1. The predicted octanol–water partition coefficient (Wildman–Crippen LogP) is 2.88. The molecule has 0 spiro atoms. The first-order valence-electron chi connectivity index (χ1n) is 9.13. The van der Waals surface area contributed by atoms with Crippen LogP contribution in [0.1, 0.15) is 55.5 Å². The van der Waals surface area contributed by atoms with Crippen LogP contribution in [0.2, 0.25) is 0 Å². The van der Waals surface area contributed by atoms with Gasteiger partial charge in [-0.05, 0) is 45.7 Å². The zero-order valence-corrected chi connectivity index (χ0v) is 15.7. The molecule has 0 atom stereocenters. The van der Waals surface area contributed by atoms with Crippen molar-refractivity contribution in [2.45, 2.75) is 59.5 Å². The first kappa shape index (κ1) is 17.9. The maximum Gasteiger partial charge on any atom is 0.256 e. The number of aryl methyl sites for hydroxylation is 1. The van der Waals surface area contributed by atoms with Crippen LogP contribution in [-0.4, -0.2) is 32.5 Å². The summed E-state index contributed by atoms with van der Waals surface area (Å²) in [6, 6.07) is 0. The molecule has 6 nitrogen and oxygen atoms in total. The molecule has 0 amide bonds. The fourth-order valence-corrected chi connectivity index (χ4v) is 3.27. The molecule has 25 heavy (non-hydrogen) atoms. The van der Waals surface area contributed by atoms with Gasteiger partial charge in [-0.2, -0.15) is 0 Å². The average Bonchev–Trinajstić information content (AvgIpc) is 3.06. The van der Waals surface area contributed by atoms with Gasteiger partial charge >= 0.3 is 0 Å². The Hall–Kier alpha value is -1.95. The molecule has 136 valence electrons. The van der Waals surface area contributed by atoms with Crippen LogP contribution >= 0.6 is 0 Å². The Morgan fingerprint density at radius 1 is 1.24 bits per heavy atom. The maximum absolute atomic E-state index is 12.3. The smallest absolute Gasteiger partial charge is 0.256 e. The summed E-state index contributed by atoms with van der Waals surface area (Å²) in [5.41, 5.74) is 1.67. The van der Waals surface area contributed by atoms with Gasteiger partial charge < -0.3 is 4.42 Å². The molecule has 2 aromatic heterocycles. The third-order valence-corrected chi connectivity index (χ3v) is 5.18. The van der Waals surface area contributed by atoms with Crippen LogP contribution < -0.4 is 5.56 Å². The van der Waals surface area contributed by atoms with Crippen molar-refractivity contribution >= 4 is 0 Å². The van der Waals surface area contributed by atoms with Gasteiger partial charge in [-0.3, -0.25) is 14.3 Å². The van der Waals surface area contributed by atoms with Gasteiger partial charge in [0.1, 0.15) is 5.76 Å². The molecule has 2 aromatic rings. The number of aromatic nitrogens is 3. The van der Waals surface area contributed by atoms with Crippen molar-refractivity contribution in [2.75, 3.05) is 13.1 Å². The standard InChI is InChI=1S/C19H28N4O2/c1-13(2)17-9-20-18(25-17)11-22-7-5-16(6-8-22)10-23-12-21-15(4)14(3)19(23)24/h9,12-13,16H,5-8,10-11H2,1-4H3. The molecule has 1 aliphatic heterocycles. The number of hydrogen-bond donors (Lipinski definition) is 0. The van der Waals surface area contributed by atoms with Crippen LogP contribution in [0.3, 0.4) is 0 Å². The van der Waals surface area contributed by atoms with E-state index in [0.717, 1.165) is 61.9 Å². The van der Waals surface area contributed by atoms with Gasteiger partial charge in [0.2, 0.25) is 5.89 Å². The molecule has 0 radical (unpaired) electrons. The van der Waals surface area contributed by atoms with Crippen molar-refractivity contribution in [3.8, 4) is 0 Å². The van der Waals surface area contributed by atoms with E-state index in [9.17, 15) is 4.79 Å². The van der Waals surface area contributed by atoms with E-state index >= 15 is 0 Å². The Labute approximate surface area is 148 Å². The van der Waals surface area contributed by atoms with Crippen LogP contribution in [0, 0.1) is 19.8 Å². The molecule has 1 saturated heterocycles. The summed E-state index contributed by atoms with van der Waals surface area (Å²) in [6.07, 6.45) is 5.69. The SMILES string of the molecule is Cc1ncn(CC2CCN(Cc3ncc(C(C)C)o3)CC2)c(=O)c1C. The normalized spacial score (nSPS) is 16.7. The quantitative estimate of drug-likeness (QED) is 0.834. The second-order valence-corrected chi connectivity index (χ2v) is 7.44. The molecule has 1 aliphatic rings. The van der Waals surface area contributed by atoms with E-state index in [-0.39, 0.29) is 5.56 Å². The second kappa shape index (κ2) is 7.52. The van der Waals surface area contributed by atoms with Crippen molar-refractivity contribution < 1.29 is 4.42 Å². The average molecular weight is 344 g/mol. The van der Waals surface area contributed by atoms with Crippen LogP contribution in [-0.2, 0) is 13.1 Å². The van der Waals surface area contributed by atoms with Crippen molar-refractivity contribution in [3.05, 3.63) is 45.8 Å². The summed E-state index contributed by atoms with van der Waals surface area (Å²) in [7, 11) is 0. The highest BCUT2D eigenvalue weighted by molar-refractivity contribution is 5.12. The summed E-state index contributed by atoms with van der Waals surface area (Å²) in [6.45, 7) is 11.5. The van der Waals surface area contributed by atoms with Crippen LogP contribution in [0.25, 0.3) is 0 Å². The lowest BCUT2D eigenvalue weighted by molar-refractivity contribution is 0.153. The van der Waals surface area contributed by atoms with Crippen LogP contribution in [0.4, 0.5) is 0 Å². The maximum atomic E-state index is 12.3. The number of oxazole rings is 1. The van der Waals surface area contributed by atoms with Gasteiger partial charge in [0.25, 0.3) is 5.56 Å². The van der Waals surface area contributed by atoms with E-state index < -0.39 is 0 Å². The van der Waals surface area contributed by atoms with Gasteiger partial charge in [-0.1, -0.05) is 13.8 Å². The van der Waals surface area contributed by atoms with Crippen molar-refractivity contribution in [3.63, 3.8) is 0 Å². The van der Waals surface area contributed by atoms with Gasteiger partial charge in [0.15, 0.2) is 0 Å². The van der Waals surface area contributed by atoms with Crippen molar-refractivity contribution in [1.29, 1.82) is 0 Å². The minimum atomic E-state index is 0.0935. The minimum absolute atomic E-state index is 0.0935. The first-order valence-corrected chi connectivity index (χ1v) is 9.13. The van der Waals surface area contributed by atoms with E-state index in [0.29, 0.717) is 11.8 Å². The lowest BCUT2D eigenvalue weighted by Gasteiger charge is -2.31. The Morgan fingerprint density at radius 3 is 2.60 bits per heavy atom. The molecule has 3 heterocycles. The molecule has 0 unspecified atom stereocenters. The molecule has 0 saturated carbocycles. The van der Waals surface area contributed by atoms with E-state index in [1.54, 1.807) is 10.9 Å². The third kappa shape index (κ3) is 4.18. The fourth-order valence-electron chi connectivity index (χ4n) is 3.27. The number of hydrogen-bond acceptors (Lipinski definition) is 5. The highest BCUT2D eigenvalue weighted by Gasteiger charge is 2.22. The Balaban J connectivity index is 1.53. The summed E-state index contributed by atoms with van der Waals surface area (Å²) < 4.78 is 7.57. The first-order chi connectivity index (χ1) is 11.9. The molecule has 0 N–H and O–H groups in total. The second-order valence-electron chi connectivity index (χ2n) is 7.44. The summed E-state index contributed by atoms with van der Waals surface area (Å²) in [5, 5.41) is 0. The van der Waals surface area contributed by atoms with E-state index in [2.05, 4.69) is 28.7 Å².